The van der Waals surface area contributed by atoms with Crippen molar-refractivity contribution in [3.05, 3.63) is 0 Å². The van der Waals surface area contributed by atoms with E-state index in [-0.39, 0.29) is 33.5 Å². The maximum atomic E-state index is 10.3. The van der Waals surface area contributed by atoms with Crippen molar-refractivity contribution < 1.29 is 19.0 Å². The highest BCUT2D eigenvalue weighted by Gasteiger charge is 2.07. The van der Waals surface area contributed by atoms with Crippen LogP contribution >= 0.6 is 0 Å². The van der Waals surface area contributed by atoms with E-state index in [1.165, 1.54) is 13.3 Å². The molecule has 0 aliphatic carbocycles. The predicted octanol–water partition coefficient (Wildman–Crippen LogP) is 2.10. The number of esters is 1. The number of nitrogens with one attached hydrogen (secondary N) is 1. The molecule has 0 fully saturated rings. The average Bonchev–Trinajstić information content (AvgIpc) is 2.26. The predicted molar refractivity (Wildman–Crippen MR) is 77.0 cm³/mol. The molecule has 1 atom stereocenters. The van der Waals surface area contributed by atoms with Crippen LogP contribution in [0.5, 0.6) is 0 Å². The van der Waals surface area contributed by atoms with Crippen LogP contribution in [0.4, 0.5) is 0 Å². The Kier molecular flexibility index (Phi) is 31.3. The molecule has 1 N–H and O–H groups in total. The minimum absolute atomic E-state index is 0. The third-order valence-corrected chi connectivity index (χ3v) is 1.66. The first-order chi connectivity index (χ1) is 7.62. The Hall–Kier alpha value is -0.650. The minimum atomic E-state index is -0.303. The van der Waals surface area contributed by atoms with Crippen molar-refractivity contribution in [1.29, 1.82) is 0 Å². The van der Waals surface area contributed by atoms with Crippen LogP contribution < -0.4 is 5.32 Å². The van der Waals surface area contributed by atoms with Gasteiger partial charge in [-0.1, -0.05) is 21.8 Å². The van der Waals surface area contributed by atoms with E-state index in [4.69, 9.17) is 14.2 Å². The highest BCUT2D eigenvalue weighted by atomic mass is 16.6. The molecule has 0 aliphatic rings. The van der Waals surface area contributed by atoms with Gasteiger partial charge < -0.3 is 19.5 Å². The number of hydrogen-bond donors (Lipinski definition) is 1. The summed E-state index contributed by atoms with van der Waals surface area (Å²) in [6.07, 6.45) is 1.07. The number of methoxy groups -OCH3 is 2. The van der Waals surface area contributed by atoms with Crippen LogP contribution in [-0.4, -0.2) is 53.1 Å². The molecular weight excluding hydrogens is 234 g/mol. The fourth-order valence-electron chi connectivity index (χ4n) is 0.830. The Labute approximate surface area is 113 Å². The van der Waals surface area contributed by atoms with Crippen molar-refractivity contribution in [2.75, 3.05) is 41.0 Å². The third kappa shape index (κ3) is 24.5. The summed E-state index contributed by atoms with van der Waals surface area (Å²) < 4.78 is 14.5. The molecule has 5 heteroatoms. The first kappa shape index (κ1) is 26.0. The van der Waals surface area contributed by atoms with Crippen molar-refractivity contribution in [3.63, 3.8) is 0 Å². The lowest BCUT2D eigenvalue weighted by Gasteiger charge is -2.12. The monoisotopic (exact) mass is 267 g/mol. The highest BCUT2D eigenvalue weighted by Crippen LogP contribution is 1.92. The van der Waals surface area contributed by atoms with Gasteiger partial charge in [-0.15, -0.1) is 0 Å². The molecule has 0 aliphatic heterocycles. The summed E-state index contributed by atoms with van der Waals surface area (Å²) in [6, 6.07) is 0. The number of rotatable bonds is 7. The average molecular weight is 267 g/mol. The van der Waals surface area contributed by atoms with Crippen LogP contribution in [-0.2, 0) is 19.0 Å². The summed E-state index contributed by atoms with van der Waals surface area (Å²) in [7, 11) is 5.08. The number of hydrogen-bond acceptors (Lipinski definition) is 5. The van der Waals surface area contributed by atoms with Crippen molar-refractivity contribution in [2.24, 2.45) is 0 Å². The summed E-state index contributed by atoms with van der Waals surface area (Å²) in [6.45, 7) is 5.33. The van der Waals surface area contributed by atoms with Crippen LogP contribution in [0, 0.1) is 0 Å². The molecule has 0 amide bonds. The molecule has 0 aromatic rings. The zero-order valence-electron chi connectivity index (χ0n) is 11.0. The van der Waals surface area contributed by atoms with Crippen LogP contribution in [0.3, 0.4) is 0 Å². The first-order valence-electron chi connectivity index (χ1n) is 5.41. The molecule has 0 aromatic carbocycles. The molecule has 0 saturated heterocycles. The van der Waals surface area contributed by atoms with E-state index in [2.05, 4.69) is 12.2 Å². The van der Waals surface area contributed by atoms with Crippen molar-refractivity contribution in [3.8, 4) is 0 Å². The molecule has 0 rings (SSSR count). The smallest absolute Gasteiger partial charge is 0.302 e. The van der Waals surface area contributed by atoms with Gasteiger partial charge in [0.1, 0.15) is 12.7 Å². The molecule has 0 spiro atoms. The maximum Gasteiger partial charge on any atom is 0.302 e. The van der Waals surface area contributed by atoms with Crippen molar-refractivity contribution in [1.82, 2.24) is 5.32 Å². The maximum absolute atomic E-state index is 10.3. The number of carbonyl (C=O) groups is 1. The molecular formula is C13H33NO4. The lowest BCUT2D eigenvalue weighted by atomic mass is 10.4. The SMILES string of the molecule is C.C.CCCNC.COCC(COC(C)=O)OC. The Balaban J connectivity index is -0.000000122. The van der Waals surface area contributed by atoms with E-state index in [1.54, 1.807) is 14.2 Å². The lowest BCUT2D eigenvalue weighted by Crippen LogP contribution is -2.24. The van der Waals surface area contributed by atoms with E-state index in [0.717, 1.165) is 6.54 Å². The largest absolute Gasteiger partial charge is 0.463 e. The summed E-state index contributed by atoms with van der Waals surface area (Å²) >= 11 is 0. The summed E-state index contributed by atoms with van der Waals surface area (Å²) in [5.41, 5.74) is 0. The minimum Gasteiger partial charge on any atom is -0.463 e. The van der Waals surface area contributed by atoms with Gasteiger partial charge in [0.2, 0.25) is 0 Å². The molecule has 5 nitrogen and oxygen atoms in total. The zero-order chi connectivity index (χ0) is 12.8. The Morgan fingerprint density at radius 3 is 2.00 bits per heavy atom. The highest BCUT2D eigenvalue weighted by molar-refractivity contribution is 5.65. The van der Waals surface area contributed by atoms with Crippen LogP contribution in [0.1, 0.15) is 35.1 Å². The second-order valence-corrected chi connectivity index (χ2v) is 3.22. The lowest BCUT2D eigenvalue weighted by molar-refractivity contribution is -0.145. The van der Waals surface area contributed by atoms with Crippen LogP contribution in [0.15, 0.2) is 0 Å². The molecule has 0 aromatic heterocycles. The Morgan fingerprint density at radius 2 is 1.78 bits per heavy atom. The first-order valence-corrected chi connectivity index (χ1v) is 5.41. The normalized spacial score (nSPS) is 10.1. The molecule has 1 unspecified atom stereocenters. The van der Waals surface area contributed by atoms with Gasteiger partial charge in [-0.25, -0.2) is 0 Å². The third-order valence-electron chi connectivity index (χ3n) is 1.66. The van der Waals surface area contributed by atoms with E-state index in [9.17, 15) is 4.79 Å². The van der Waals surface area contributed by atoms with Gasteiger partial charge in [-0.05, 0) is 20.0 Å². The molecule has 0 radical (unpaired) electrons. The molecule has 114 valence electrons. The Morgan fingerprint density at radius 1 is 1.22 bits per heavy atom. The van der Waals surface area contributed by atoms with Crippen molar-refractivity contribution in [2.45, 2.75) is 41.2 Å². The fraction of sp³-hybridized carbons (Fsp3) is 0.923. The van der Waals surface area contributed by atoms with E-state index >= 15 is 0 Å². The van der Waals surface area contributed by atoms with E-state index in [0.29, 0.717) is 6.61 Å². The van der Waals surface area contributed by atoms with E-state index < -0.39 is 0 Å². The standard InChI is InChI=1S/C7H14O4.C4H11N.2CH4/c1-6(8)11-5-7(10-3)4-9-2;1-3-4-5-2;;/h7H,4-5H2,1-3H3;5H,3-4H2,1-2H3;2*1H4. The van der Waals surface area contributed by atoms with Gasteiger partial charge in [-0.2, -0.15) is 0 Å². The fourth-order valence-corrected chi connectivity index (χ4v) is 0.830. The number of ether oxygens (including phenoxy) is 3. The summed E-state index contributed by atoms with van der Waals surface area (Å²) in [5.74, 6) is -0.303. The summed E-state index contributed by atoms with van der Waals surface area (Å²) in [5, 5.41) is 3.02. The van der Waals surface area contributed by atoms with Gasteiger partial charge in [0.25, 0.3) is 0 Å². The van der Waals surface area contributed by atoms with Crippen LogP contribution in [0.2, 0.25) is 0 Å². The van der Waals surface area contributed by atoms with Gasteiger partial charge in [0.15, 0.2) is 0 Å². The molecule has 18 heavy (non-hydrogen) atoms. The van der Waals surface area contributed by atoms with Crippen LogP contribution in [0.25, 0.3) is 0 Å². The molecule has 0 saturated carbocycles. The van der Waals surface area contributed by atoms with Crippen molar-refractivity contribution >= 4 is 5.97 Å². The van der Waals surface area contributed by atoms with Gasteiger partial charge in [0, 0.05) is 21.1 Å². The van der Waals surface area contributed by atoms with Gasteiger partial charge in [-0.3, -0.25) is 4.79 Å². The zero-order valence-corrected chi connectivity index (χ0v) is 11.0. The Bertz CT molecular complexity index is 152. The molecule has 0 heterocycles. The topological polar surface area (TPSA) is 56.8 Å². The van der Waals surface area contributed by atoms with Gasteiger partial charge in [0.05, 0.1) is 6.61 Å². The summed E-state index contributed by atoms with van der Waals surface area (Å²) in [4.78, 5) is 10.3. The molecule has 0 bridgehead atoms. The number of carbonyl (C=O) groups excluding carboxylic acids is 1. The second kappa shape index (κ2) is 21.6. The van der Waals surface area contributed by atoms with Gasteiger partial charge >= 0.3 is 5.97 Å². The second-order valence-electron chi connectivity index (χ2n) is 3.22. The van der Waals surface area contributed by atoms with E-state index in [1.807, 2.05) is 7.05 Å². The quantitative estimate of drug-likeness (QED) is 0.716.